The van der Waals surface area contributed by atoms with Gasteiger partial charge in [0.25, 0.3) is 0 Å². The van der Waals surface area contributed by atoms with Gasteiger partial charge in [-0.15, -0.1) is 20.5 Å². The van der Waals surface area contributed by atoms with Crippen molar-refractivity contribution in [2.24, 2.45) is 30.7 Å². The van der Waals surface area contributed by atoms with Gasteiger partial charge in [-0.25, -0.2) is 0 Å². The lowest BCUT2D eigenvalue weighted by molar-refractivity contribution is 0.120. The van der Waals surface area contributed by atoms with Gasteiger partial charge in [0.05, 0.1) is 34.1 Å². The first-order valence-electron chi connectivity index (χ1n) is 23.2. The van der Waals surface area contributed by atoms with Gasteiger partial charge in [0.1, 0.15) is 11.5 Å². The molecule has 0 aromatic heterocycles. The summed E-state index contributed by atoms with van der Waals surface area (Å²) in [4.78, 5) is 2.58. The van der Waals surface area contributed by atoms with Crippen molar-refractivity contribution in [3.8, 4) is 11.5 Å². The molecule has 0 atom stereocenters. The average Bonchev–Trinajstić information content (AvgIpc) is 3.33. The van der Waals surface area contributed by atoms with Crippen LogP contribution in [0.3, 0.4) is 0 Å². The summed E-state index contributed by atoms with van der Waals surface area (Å²) in [6.07, 6.45) is 13.5. The zero-order valence-electron chi connectivity index (χ0n) is 37.5. The van der Waals surface area contributed by atoms with Crippen LogP contribution in [0.4, 0.5) is 39.8 Å². The molecular formula is C55H59N7O2. The fraction of sp³-hybridized carbons (Fsp3) is 0.309. The molecule has 8 rings (SSSR count). The Bertz CT molecular complexity index is 2730. The molecular weight excluding hydrogens is 791 g/mol. The summed E-state index contributed by atoms with van der Waals surface area (Å²) in [5, 5.41) is 32.1. The third-order valence-corrected chi connectivity index (χ3v) is 12.0. The maximum absolute atomic E-state index is 5.83. The Morgan fingerprint density at radius 1 is 0.500 bits per heavy atom. The highest BCUT2D eigenvalue weighted by Crippen LogP contribution is 2.39. The van der Waals surface area contributed by atoms with Gasteiger partial charge in [-0.3, -0.25) is 0 Å². The van der Waals surface area contributed by atoms with Crippen LogP contribution in [-0.2, 0) is 12.8 Å². The summed E-state index contributed by atoms with van der Waals surface area (Å²) in [5.41, 5.74) is 9.89. The van der Waals surface area contributed by atoms with Gasteiger partial charge in [-0.2, -0.15) is 10.2 Å². The van der Waals surface area contributed by atoms with E-state index in [0.29, 0.717) is 11.4 Å². The number of azo groups is 3. The molecule has 64 heavy (non-hydrogen) atoms. The zero-order valence-corrected chi connectivity index (χ0v) is 37.5. The highest BCUT2D eigenvalue weighted by Gasteiger charge is 2.19. The number of anilines is 1. The summed E-state index contributed by atoms with van der Waals surface area (Å²) in [7, 11) is 0. The number of rotatable bonds is 20. The molecule has 9 heteroatoms. The molecule has 9 nitrogen and oxygen atoms in total. The molecule has 7 aromatic rings. The first-order valence-corrected chi connectivity index (χ1v) is 23.2. The SMILES string of the molecule is CCCCCCCN1CCCc2cc(N=Nc3ccc(N=Nc4ccc(N=Nc5ccc(OCOc6ccc(CCCCC)cc6)cc5)c5ccccc45)c4ccccc34)c(C)cc21. The van der Waals surface area contributed by atoms with Crippen molar-refractivity contribution in [1.82, 2.24) is 0 Å². The fourth-order valence-corrected chi connectivity index (χ4v) is 8.36. The Balaban J connectivity index is 0.920. The van der Waals surface area contributed by atoms with Crippen molar-refractivity contribution < 1.29 is 9.47 Å². The summed E-state index contributed by atoms with van der Waals surface area (Å²) in [6, 6.07) is 44.4. The van der Waals surface area contributed by atoms with Crippen molar-refractivity contribution in [2.75, 3.05) is 24.8 Å². The van der Waals surface area contributed by atoms with Crippen molar-refractivity contribution >= 4 is 61.4 Å². The zero-order chi connectivity index (χ0) is 43.9. The minimum absolute atomic E-state index is 0.119. The first kappa shape index (κ1) is 43.9. The molecule has 0 saturated carbocycles. The number of aryl methyl sites for hydroxylation is 3. The Kier molecular flexibility index (Phi) is 15.1. The topological polar surface area (TPSA) is 95.9 Å². The van der Waals surface area contributed by atoms with Crippen LogP contribution in [0, 0.1) is 6.92 Å². The molecule has 0 saturated heterocycles. The summed E-state index contributed by atoms with van der Waals surface area (Å²) in [6.45, 7) is 9.01. The quantitative estimate of drug-likeness (QED) is 0.0434. The second kappa shape index (κ2) is 22.1. The van der Waals surface area contributed by atoms with E-state index in [1.165, 1.54) is 74.6 Å². The number of ether oxygens (including phenoxy) is 2. The normalized spacial score (nSPS) is 12.9. The van der Waals surface area contributed by atoms with Gasteiger partial charge in [0.15, 0.2) is 0 Å². The van der Waals surface area contributed by atoms with E-state index in [1.54, 1.807) is 0 Å². The van der Waals surface area contributed by atoms with E-state index in [4.69, 9.17) is 29.9 Å². The lowest BCUT2D eigenvalue weighted by Gasteiger charge is -2.32. The molecule has 0 amide bonds. The number of hydrogen-bond donors (Lipinski definition) is 0. The highest BCUT2D eigenvalue weighted by molar-refractivity contribution is 6.01. The van der Waals surface area contributed by atoms with Crippen molar-refractivity contribution in [3.05, 3.63) is 150 Å². The average molecular weight is 850 g/mol. The third-order valence-electron chi connectivity index (χ3n) is 12.0. The van der Waals surface area contributed by atoms with Gasteiger partial charge in [-0.05, 0) is 129 Å². The molecule has 0 radical (unpaired) electrons. The Morgan fingerprint density at radius 2 is 1.00 bits per heavy atom. The number of hydrogen-bond acceptors (Lipinski definition) is 9. The van der Waals surface area contributed by atoms with Crippen LogP contribution in [0.15, 0.2) is 164 Å². The lowest BCUT2D eigenvalue weighted by atomic mass is 9.98. The van der Waals surface area contributed by atoms with Crippen LogP contribution in [-0.4, -0.2) is 19.9 Å². The van der Waals surface area contributed by atoms with E-state index < -0.39 is 0 Å². The monoisotopic (exact) mass is 849 g/mol. The van der Waals surface area contributed by atoms with Crippen LogP contribution in [0.25, 0.3) is 21.5 Å². The van der Waals surface area contributed by atoms with Crippen LogP contribution in [0.1, 0.15) is 88.3 Å². The van der Waals surface area contributed by atoms with Crippen molar-refractivity contribution in [3.63, 3.8) is 0 Å². The Hall–Kier alpha value is -6.74. The lowest BCUT2D eigenvalue weighted by Crippen LogP contribution is -2.30. The second-order valence-corrected chi connectivity index (χ2v) is 16.7. The maximum atomic E-state index is 5.83. The first-order chi connectivity index (χ1) is 31.6. The number of benzene rings is 7. The maximum Gasteiger partial charge on any atom is 0.230 e. The van der Waals surface area contributed by atoms with E-state index >= 15 is 0 Å². The standard InChI is InChI=1S/C55H59N7O2/c1-4-6-8-9-15-35-62-36-16-18-42-38-54(40(3)37-55(42)62)61-60-53-34-33-52(48-21-13-14-22-49(48)53)59-58-51-32-31-50(46-19-11-12-20-47(46)51)57-56-43-25-29-45(30-26-43)64-39-63-44-27-23-41(24-28-44)17-10-7-5-2/h11-14,19-34,37-38H,4-10,15-18,35-36,39H2,1-3H3. The molecule has 1 heterocycles. The summed E-state index contributed by atoms with van der Waals surface area (Å²) < 4.78 is 11.6. The largest absolute Gasteiger partial charge is 0.458 e. The van der Waals surface area contributed by atoms with Gasteiger partial charge in [-0.1, -0.05) is 113 Å². The predicted molar refractivity (Wildman–Crippen MR) is 263 cm³/mol. The van der Waals surface area contributed by atoms with E-state index in [9.17, 15) is 0 Å². The number of fused-ring (bicyclic) bond motifs is 3. The molecule has 0 fully saturated rings. The van der Waals surface area contributed by atoms with Crippen LogP contribution >= 0.6 is 0 Å². The highest BCUT2D eigenvalue weighted by atomic mass is 16.7. The van der Waals surface area contributed by atoms with Crippen LogP contribution in [0.5, 0.6) is 11.5 Å². The Labute approximate surface area is 378 Å². The minimum Gasteiger partial charge on any atom is -0.458 e. The smallest absolute Gasteiger partial charge is 0.230 e. The Morgan fingerprint density at radius 3 is 1.56 bits per heavy atom. The van der Waals surface area contributed by atoms with E-state index in [1.807, 2.05) is 97.1 Å². The summed E-state index contributed by atoms with van der Waals surface area (Å²) >= 11 is 0. The number of nitrogens with zero attached hydrogens (tertiary/aromatic N) is 7. The second-order valence-electron chi connectivity index (χ2n) is 16.7. The minimum atomic E-state index is 0.119. The third kappa shape index (κ3) is 11.2. The molecule has 0 aliphatic carbocycles. The van der Waals surface area contributed by atoms with Crippen LogP contribution < -0.4 is 14.4 Å². The van der Waals surface area contributed by atoms with Gasteiger partial charge in [0, 0.05) is 40.3 Å². The molecule has 7 aromatic carbocycles. The number of unbranched alkanes of at least 4 members (excludes halogenated alkanes) is 6. The summed E-state index contributed by atoms with van der Waals surface area (Å²) in [5.74, 6) is 1.48. The van der Waals surface area contributed by atoms with Gasteiger partial charge < -0.3 is 14.4 Å². The van der Waals surface area contributed by atoms with E-state index in [0.717, 1.165) is 87.2 Å². The molecule has 0 unspecified atom stereocenters. The van der Waals surface area contributed by atoms with Crippen LogP contribution in [0.2, 0.25) is 0 Å². The van der Waals surface area contributed by atoms with E-state index in [-0.39, 0.29) is 6.79 Å². The fourth-order valence-electron chi connectivity index (χ4n) is 8.36. The van der Waals surface area contributed by atoms with Gasteiger partial charge in [0.2, 0.25) is 6.79 Å². The molecule has 0 N–H and O–H groups in total. The molecule has 0 spiro atoms. The molecule has 0 bridgehead atoms. The van der Waals surface area contributed by atoms with Gasteiger partial charge >= 0.3 is 0 Å². The van der Waals surface area contributed by atoms with Crippen molar-refractivity contribution in [1.29, 1.82) is 0 Å². The molecule has 326 valence electrons. The van der Waals surface area contributed by atoms with E-state index in [2.05, 4.69) is 72.3 Å². The molecule has 1 aliphatic heterocycles. The van der Waals surface area contributed by atoms with Crippen molar-refractivity contribution in [2.45, 2.75) is 91.4 Å². The predicted octanol–water partition coefficient (Wildman–Crippen LogP) is 17.4. The molecule has 1 aliphatic rings.